The highest BCUT2D eigenvalue weighted by Gasteiger charge is 2.35. The van der Waals surface area contributed by atoms with Gasteiger partial charge in [0.2, 0.25) is 5.79 Å². The van der Waals surface area contributed by atoms with Crippen LogP contribution in [0.5, 0.6) is 0 Å². The van der Waals surface area contributed by atoms with E-state index in [9.17, 15) is 0 Å². The molecular weight excluding hydrogens is 272 g/mol. The predicted molar refractivity (Wildman–Crippen MR) is 84.2 cm³/mol. The van der Waals surface area contributed by atoms with Crippen LogP contribution >= 0.6 is 11.9 Å². The monoisotopic (exact) mass is 298 g/mol. The molecule has 0 amide bonds. The van der Waals surface area contributed by atoms with Crippen molar-refractivity contribution in [1.29, 1.82) is 0 Å². The maximum Gasteiger partial charge on any atom is 0.205 e. The highest BCUT2D eigenvalue weighted by atomic mass is 32.2. The molecular formula is C15H26N2O2S. The summed E-state index contributed by atoms with van der Waals surface area (Å²) in [6, 6.07) is 0. The lowest BCUT2D eigenvalue weighted by Gasteiger charge is -2.41. The molecule has 1 saturated heterocycles. The molecule has 2 heterocycles. The van der Waals surface area contributed by atoms with Gasteiger partial charge in [0.1, 0.15) is 5.76 Å². The zero-order valence-electron chi connectivity index (χ0n) is 13.2. The second kappa shape index (κ2) is 6.41. The standard InChI is InChI=1S/C15H26N2O2S/c1-6-16-20-10-12-8-17(7-2)11(3)14-13(12)9-18-15(4,5)19-14/h16H,6-10H2,1-5H3. The molecule has 20 heavy (non-hydrogen) atoms. The van der Waals surface area contributed by atoms with Gasteiger partial charge in [-0.15, -0.1) is 0 Å². The summed E-state index contributed by atoms with van der Waals surface area (Å²) < 4.78 is 15.2. The van der Waals surface area contributed by atoms with Gasteiger partial charge in [0.05, 0.1) is 12.3 Å². The van der Waals surface area contributed by atoms with Crippen molar-refractivity contribution >= 4 is 11.9 Å². The van der Waals surface area contributed by atoms with E-state index in [0.29, 0.717) is 6.61 Å². The van der Waals surface area contributed by atoms with Crippen LogP contribution in [0.25, 0.3) is 0 Å². The molecule has 0 saturated carbocycles. The number of fused-ring (bicyclic) bond motifs is 1. The summed E-state index contributed by atoms with van der Waals surface area (Å²) in [5.41, 5.74) is 3.89. The van der Waals surface area contributed by atoms with Gasteiger partial charge >= 0.3 is 0 Å². The molecule has 0 atom stereocenters. The maximum absolute atomic E-state index is 6.09. The van der Waals surface area contributed by atoms with E-state index in [-0.39, 0.29) is 0 Å². The van der Waals surface area contributed by atoms with E-state index in [0.717, 1.165) is 31.1 Å². The van der Waals surface area contributed by atoms with Crippen LogP contribution in [0.2, 0.25) is 0 Å². The zero-order valence-corrected chi connectivity index (χ0v) is 14.0. The van der Waals surface area contributed by atoms with E-state index in [1.807, 2.05) is 13.8 Å². The lowest BCUT2D eigenvalue weighted by Crippen LogP contribution is -2.40. The van der Waals surface area contributed by atoms with Gasteiger partial charge in [-0.05, 0) is 19.4 Å². The predicted octanol–water partition coefficient (Wildman–Crippen LogP) is 2.89. The Bertz CT molecular complexity index is 430. The SMILES string of the molecule is CCNSCC1=C2COC(C)(C)OC2=C(C)N(CC)C1. The Morgan fingerprint density at radius 2 is 2.10 bits per heavy atom. The lowest BCUT2D eigenvalue weighted by atomic mass is 10.0. The minimum atomic E-state index is -0.531. The molecule has 0 unspecified atom stereocenters. The third kappa shape index (κ3) is 3.32. The molecule has 114 valence electrons. The first kappa shape index (κ1) is 15.7. The van der Waals surface area contributed by atoms with E-state index in [2.05, 4.69) is 30.4 Å². The summed E-state index contributed by atoms with van der Waals surface area (Å²) in [5.74, 6) is 1.47. The van der Waals surface area contributed by atoms with Crippen LogP contribution in [-0.4, -0.2) is 42.7 Å². The summed E-state index contributed by atoms with van der Waals surface area (Å²) in [6.07, 6.45) is 0. The average Bonchev–Trinajstić information content (AvgIpc) is 2.41. The number of likely N-dealkylation sites (N-methyl/N-ethyl adjacent to an activating group) is 1. The topological polar surface area (TPSA) is 33.7 Å². The van der Waals surface area contributed by atoms with Crippen molar-refractivity contribution in [3.05, 3.63) is 22.6 Å². The molecule has 2 rings (SSSR count). The molecule has 0 aromatic rings. The van der Waals surface area contributed by atoms with Crippen molar-refractivity contribution in [2.45, 2.75) is 40.4 Å². The minimum Gasteiger partial charge on any atom is -0.461 e. The molecule has 0 aromatic heterocycles. The first-order chi connectivity index (χ1) is 9.48. The first-order valence-corrected chi connectivity index (χ1v) is 8.31. The Kier molecular flexibility index (Phi) is 5.04. The van der Waals surface area contributed by atoms with E-state index >= 15 is 0 Å². The Balaban J connectivity index is 2.26. The van der Waals surface area contributed by atoms with E-state index in [4.69, 9.17) is 9.47 Å². The second-order valence-electron chi connectivity index (χ2n) is 5.59. The first-order valence-electron chi connectivity index (χ1n) is 7.33. The van der Waals surface area contributed by atoms with Crippen molar-refractivity contribution in [3.63, 3.8) is 0 Å². The molecule has 0 aliphatic carbocycles. The second-order valence-corrected chi connectivity index (χ2v) is 6.45. The fraction of sp³-hybridized carbons (Fsp3) is 0.733. The van der Waals surface area contributed by atoms with Crippen molar-refractivity contribution in [2.24, 2.45) is 0 Å². The minimum absolute atomic E-state index is 0.531. The van der Waals surface area contributed by atoms with Crippen LogP contribution in [0.15, 0.2) is 22.6 Å². The van der Waals surface area contributed by atoms with Crippen LogP contribution < -0.4 is 4.72 Å². The number of rotatable bonds is 5. The van der Waals surface area contributed by atoms with Crippen LogP contribution in [0.3, 0.4) is 0 Å². The summed E-state index contributed by atoms with van der Waals surface area (Å²) in [5, 5.41) is 0. The Hall–Kier alpha value is -0.650. The Labute approximate surface area is 126 Å². The molecule has 5 heteroatoms. The van der Waals surface area contributed by atoms with Crippen molar-refractivity contribution in [2.75, 3.05) is 32.0 Å². The number of hydrogen-bond donors (Lipinski definition) is 1. The van der Waals surface area contributed by atoms with Gasteiger partial charge < -0.3 is 14.4 Å². The summed E-state index contributed by atoms with van der Waals surface area (Å²) >= 11 is 1.76. The van der Waals surface area contributed by atoms with Crippen molar-refractivity contribution in [3.8, 4) is 0 Å². The number of ether oxygens (including phenoxy) is 2. The molecule has 1 fully saturated rings. The number of hydrogen-bond acceptors (Lipinski definition) is 5. The smallest absolute Gasteiger partial charge is 0.205 e. The van der Waals surface area contributed by atoms with Crippen molar-refractivity contribution < 1.29 is 9.47 Å². The zero-order chi connectivity index (χ0) is 14.8. The highest BCUT2D eigenvalue weighted by molar-refractivity contribution is 7.97. The largest absolute Gasteiger partial charge is 0.461 e. The molecule has 0 radical (unpaired) electrons. The van der Waals surface area contributed by atoms with Gasteiger partial charge in [-0.2, -0.15) is 0 Å². The van der Waals surface area contributed by atoms with Crippen LogP contribution in [0.1, 0.15) is 34.6 Å². The number of allylic oxidation sites excluding steroid dienone is 1. The Morgan fingerprint density at radius 3 is 2.75 bits per heavy atom. The van der Waals surface area contributed by atoms with Crippen LogP contribution in [0.4, 0.5) is 0 Å². The Morgan fingerprint density at radius 1 is 1.35 bits per heavy atom. The third-order valence-corrected chi connectivity index (χ3v) is 4.66. The molecule has 2 aliphatic heterocycles. The average molecular weight is 298 g/mol. The number of nitrogens with one attached hydrogen (secondary N) is 1. The highest BCUT2D eigenvalue weighted by Crippen LogP contribution is 2.37. The fourth-order valence-electron chi connectivity index (χ4n) is 2.51. The van der Waals surface area contributed by atoms with Gasteiger partial charge in [-0.3, -0.25) is 4.72 Å². The van der Waals surface area contributed by atoms with Gasteiger partial charge in [-0.1, -0.05) is 18.9 Å². The lowest BCUT2D eigenvalue weighted by molar-refractivity contribution is -0.203. The molecule has 4 nitrogen and oxygen atoms in total. The normalized spacial score (nSPS) is 21.9. The van der Waals surface area contributed by atoms with Crippen LogP contribution in [-0.2, 0) is 9.47 Å². The van der Waals surface area contributed by atoms with Gasteiger partial charge in [0.25, 0.3) is 0 Å². The van der Waals surface area contributed by atoms with Crippen LogP contribution in [0, 0.1) is 0 Å². The molecule has 2 aliphatic rings. The van der Waals surface area contributed by atoms with E-state index in [1.54, 1.807) is 11.9 Å². The summed E-state index contributed by atoms with van der Waals surface area (Å²) in [4.78, 5) is 2.38. The van der Waals surface area contributed by atoms with Crippen molar-refractivity contribution in [1.82, 2.24) is 9.62 Å². The maximum atomic E-state index is 6.09. The van der Waals surface area contributed by atoms with Gasteiger partial charge in [-0.25, -0.2) is 0 Å². The van der Waals surface area contributed by atoms with Gasteiger partial charge in [0.15, 0.2) is 0 Å². The quantitative estimate of drug-likeness (QED) is 0.623. The molecule has 0 aromatic carbocycles. The van der Waals surface area contributed by atoms with E-state index < -0.39 is 5.79 Å². The summed E-state index contributed by atoms with van der Waals surface area (Å²) in [6.45, 7) is 14.0. The van der Waals surface area contributed by atoms with E-state index in [1.165, 1.54) is 16.8 Å². The molecule has 1 N–H and O–H groups in total. The number of nitrogens with zero attached hydrogens (tertiary/aromatic N) is 1. The third-order valence-electron chi connectivity index (χ3n) is 3.67. The van der Waals surface area contributed by atoms with Gasteiger partial charge in [0, 0.05) is 44.8 Å². The fourth-order valence-corrected chi connectivity index (χ4v) is 3.26. The molecule has 0 bridgehead atoms. The summed E-state index contributed by atoms with van der Waals surface area (Å²) in [7, 11) is 0. The molecule has 0 spiro atoms.